The third-order valence-electron chi connectivity index (χ3n) is 2.42. The summed E-state index contributed by atoms with van der Waals surface area (Å²) in [5, 5.41) is 2.62. The first-order valence-electron chi connectivity index (χ1n) is 5.42. The molecule has 8 heteroatoms. The molecule has 0 aliphatic rings. The Kier molecular flexibility index (Phi) is 4.52. The van der Waals surface area contributed by atoms with Crippen LogP contribution in [0.3, 0.4) is 0 Å². The van der Waals surface area contributed by atoms with Crippen molar-refractivity contribution in [2.24, 2.45) is 0 Å². The highest BCUT2D eigenvalue weighted by atomic mass is 79.9. The lowest BCUT2D eigenvalue weighted by Crippen LogP contribution is -2.22. The molecule has 0 fully saturated rings. The van der Waals surface area contributed by atoms with Gasteiger partial charge in [0.15, 0.2) is 0 Å². The van der Waals surface area contributed by atoms with E-state index in [-0.39, 0.29) is 17.0 Å². The molecule has 0 saturated heterocycles. The zero-order chi connectivity index (χ0) is 14.8. The van der Waals surface area contributed by atoms with Crippen LogP contribution in [0, 0.1) is 0 Å². The molecule has 0 aliphatic carbocycles. The van der Waals surface area contributed by atoms with E-state index in [0.29, 0.717) is 10.2 Å². The number of furan rings is 1. The summed E-state index contributed by atoms with van der Waals surface area (Å²) in [5.74, 6) is 0.169. The van der Waals surface area contributed by atoms with Gasteiger partial charge in [-0.2, -0.15) is 0 Å². The van der Waals surface area contributed by atoms with Gasteiger partial charge in [0.05, 0.1) is 17.7 Å². The van der Waals surface area contributed by atoms with Gasteiger partial charge in [0.2, 0.25) is 0 Å². The highest BCUT2D eigenvalue weighted by Gasteiger charge is 2.15. The molecule has 0 bridgehead atoms. The summed E-state index contributed by atoms with van der Waals surface area (Å²) in [6, 6.07) is 7.47. The SMILES string of the molecule is O=C(NCc1ccco1)c1cc(Br)cc(S(=O)(=O)Cl)c1. The molecule has 20 heavy (non-hydrogen) atoms. The van der Waals surface area contributed by atoms with Crippen molar-refractivity contribution in [2.45, 2.75) is 11.4 Å². The number of hydrogen-bond acceptors (Lipinski definition) is 4. The number of halogens is 2. The van der Waals surface area contributed by atoms with Crippen molar-refractivity contribution in [2.75, 3.05) is 0 Å². The lowest BCUT2D eigenvalue weighted by atomic mass is 10.2. The minimum absolute atomic E-state index is 0.142. The maximum absolute atomic E-state index is 12.0. The Morgan fingerprint density at radius 2 is 2.10 bits per heavy atom. The molecular formula is C12H9BrClNO4S. The number of nitrogens with one attached hydrogen (secondary N) is 1. The van der Waals surface area contributed by atoms with Gasteiger partial charge in [-0.05, 0) is 30.3 Å². The summed E-state index contributed by atoms with van der Waals surface area (Å²) in [7, 11) is 1.37. The summed E-state index contributed by atoms with van der Waals surface area (Å²) in [6.07, 6.45) is 1.50. The fourth-order valence-electron chi connectivity index (χ4n) is 1.52. The van der Waals surface area contributed by atoms with E-state index in [4.69, 9.17) is 15.1 Å². The van der Waals surface area contributed by atoms with E-state index in [1.807, 2.05) is 0 Å². The second kappa shape index (κ2) is 5.99. The van der Waals surface area contributed by atoms with Gasteiger partial charge in [0.1, 0.15) is 5.76 Å². The Bertz CT molecular complexity index is 728. The van der Waals surface area contributed by atoms with Gasteiger partial charge < -0.3 is 9.73 Å². The van der Waals surface area contributed by atoms with Crippen molar-refractivity contribution in [1.82, 2.24) is 5.32 Å². The summed E-state index contributed by atoms with van der Waals surface area (Å²) >= 11 is 3.14. The van der Waals surface area contributed by atoms with Gasteiger partial charge in [-0.3, -0.25) is 4.79 Å². The van der Waals surface area contributed by atoms with Crippen molar-refractivity contribution < 1.29 is 17.6 Å². The fourth-order valence-corrected chi connectivity index (χ4v) is 2.96. The maximum atomic E-state index is 12.0. The molecule has 1 heterocycles. The molecule has 1 amide bonds. The van der Waals surface area contributed by atoms with Crippen LogP contribution in [0.1, 0.15) is 16.1 Å². The molecular weight excluding hydrogens is 370 g/mol. The predicted molar refractivity (Wildman–Crippen MR) is 77.1 cm³/mol. The monoisotopic (exact) mass is 377 g/mol. The number of carbonyl (C=O) groups excluding carboxylic acids is 1. The number of rotatable bonds is 4. The first kappa shape index (κ1) is 15.1. The molecule has 0 spiro atoms. The van der Waals surface area contributed by atoms with Crippen molar-refractivity contribution in [3.8, 4) is 0 Å². The Balaban J connectivity index is 2.19. The molecule has 0 saturated carbocycles. The third-order valence-corrected chi connectivity index (χ3v) is 4.21. The summed E-state index contributed by atoms with van der Waals surface area (Å²) in [5.41, 5.74) is 0.185. The van der Waals surface area contributed by atoms with Crippen LogP contribution in [0.5, 0.6) is 0 Å². The summed E-state index contributed by atoms with van der Waals surface area (Å²) in [6.45, 7) is 0.210. The molecule has 0 aliphatic heterocycles. The minimum Gasteiger partial charge on any atom is -0.467 e. The Hall–Kier alpha value is -1.31. The Labute approximate surface area is 128 Å². The van der Waals surface area contributed by atoms with Crippen LogP contribution in [-0.4, -0.2) is 14.3 Å². The second-order valence-electron chi connectivity index (χ2n) is 3.88. The molecule has 2 aromatic rings. The summed E-state index contributed by atoms with van der Waals surface area (Å²) < 4.78 is 28.1. The van der Waals surface area contributed by atoms with Crippen LogP contribution in [-0.2, 0) is 15.6 Å². The average Bonchev–Trinajstić information content (AvgIpc) is 2.87. The topological polar surface area (TPSA) is 76.4 Å². The maximum Gasteiger partial charge on any atom is 0.261 e. The minimum atomic E-state index is -3.90. The number of amides is 1. The standard InChI is InChI=1S/C12H9BrClNO4S/c13-9-4-8(5-11(6-9)20(14,17)18)12(16)15-7-10-2-1-3-19-10/h1-6H,7H2,(H,15,16). The molecule has 106 valence electrons. The average molecular weight is 379 g/mol. The lowest BCUT2D eigenvalue weighted by molar-refractivity contribution is 0.0947. The van der Waals surface area contributed by atoms with E-state index in [2.05, 4.69) is 21.2 Å². The van der Waals surface area contributed by atoms with Crippen LogP contribution in [0.4, 0.5) is 0 Å². The second-order valence-corrected chi connectivity index (χ2v) is 7.36. The van der Waals surface area contributed by atoms with E-state index in [9.17, 15) is 13.2 Å². The van der Waals surface area contributed by atoms with Crippen molar-refractivity contribution >= 4 is 41.6 Å². The smallest absolute Gasteiger partial charge is 0.261 e. The van der Waals surface area contributed by atoms with Gasteiger partial charge in [-0.25, -0.2) is 8.42 Å². The molecule has 0 unspecified atom stereocenters. The summed E-state index contributed by atoms with van der Waals surface area (Å²) in [4.78, 5) is 11.8. The van der Waals surface area contributed by atoms with Crippen LogP contribution in [0.25, 0.3) is 0 Å². The van der Waals surface area contributed by atoms with E-state index < -0.39 is 15.0 Å². The zero-order valence-corrected chi connectivity index (χ0v) is 13.1. The lowest BCUT2D eigenvalue weighted by Gasteiger charge is -2.06. The molecule has 1 N–H and O–H groups in total. The van der Waals surface area contributed by atoms with Crippen molar-refractivity contribution in [3.05, 3.63) is 52.4 Å². The highest BCUT2D eigenvalue weighted by molar-refractivity contribution is 9.10. The van der Waals surface area contributed by atoms with E-state index in [0.717, 1.165) is 0 Å². The van der Waals surface area contributed by atoms with Gasteiger partial charge >= 0.3 is 0 Å². The molecule has 2 rings (SSSR count). The van der Waals surface area contributed by atoms with Gasteiger partial charge in [-0.15, -0.1) is 0 Å². The Morgan fingerprint density at radius 3 is 2.70 bits per heavy atom. The predicted octanol–water partition coefficient (Wildman–Crippen LogP) is 2.90. The van der Waals surface area contributed by atoms with Crippen LogP contribution in [0.2, 0.25) is 0 Å². The highest BCUT2D eigenvalue weighted by Crippen LogP contribution is 2.22. The van der Waals surface area contributed by atoms with Crippen LogP contribution in [0.15, 0.2) is 50.4 Å². The molecule has 0 radical (unpaired) electrons. The normalized spacial score (nSPS) is 11.3. The van der Waals surface area contributed by atoms with Crippen LogP contribution >= 0.6 is 26.6 Å². The first-order valence-corrected chi connectivity index (χ1v) is 8.52. The van der Waals surface area contributed by atoms with E-state index in [1.165, 1.54) is 24.5 Å². The van der Waals surface area contributed by atoms with Gasteiger partial charge in [0, 0.05) is 20.7 Å². The number of benzene rings is 1. The van der Waals surface area contributed by atoms with Gasteiger partial charge in [0.25, 0.3) is 15.0 Å². The first-order chi connectivity index (χ1) is 9.36. The molecule has 1 aromatic carbocycles. The Morgan fingerprint density at radius 1 is 1.35 bits per heavy atom. The van der Waals surface area contributed by atoms with Crippen LogP contribution < -0.4 is 5.32 Å². The molecule has 0 atom stereocenters. The van der Waals surface area contributed by atoms with E-state index in [1.54, 1.807) is 12.1 Å². The third kappa shape index (κ3) is 3.84. The number of carbonyl (C=O) groups is 1. The van der Waals surface area contributed by atoms with Gasteiger partial charge in [-0.1, -0.05) is 15.9 Å². The molecule has 1 aromatic heterocycles. The van der Waals surface area contributed by atoms with Crippen molar-refractivity contribution in [3.63, 3.8) is 0 Å². The quantitative estimate of drug-likeness (QED) is 0.830. The van der Waals surface area contributed by atoms with E-state index >= 15 is 0 Å². The largest absolute Gasteiger partial charge is 0.467 e. The number of hydrogen-bond donors (Lipinski definition) is 1. The van der Waals surface area contributed by atoms with Crippen molar-refractivity contribution in [1.29, 1.82) is 0 Å². The zero-order valence-electron chi connectivity index (χ0n) is 9.97. The molecule has 5 nitrogen and oxygen atoms in total. The fraction of sp³-hybridized carbons (Fsp3) is 0.0833.